The number of imidazole rings is 1. The van der Waals surface area contributed by atoms with Gasteiger partial charge in [0.25, 0.3) is 0 Å². The zero-order chi connectivity index (χ0) is 23.5. The molecule has 5 rings (SSSR count). The summed E-state index contributed by atoms with van der Waals surface area (Å²) in [5.41, 5.74) is 3.90. The quantitative estimate of drug-likeness (QED) is 0.311. The molecule has 4 aromatic rings. The first-order valence-electron chi connectivity index (χ1n) is 11.8. The third-order valence-corrected chi connectivity index (χ3v) is 6.44. The molecule has 1 saturated heterocycles. The van der Waals surface area contributed by atoms with E-state index in [0.29, 0.717) is 19.6 Å². The van der Waals surface area contributed by atoms with Crippen LogP contribution < -0.4 is 9.64 Å². The lowest BCUT2D eigenvalue weighted by Gasteiger charge is -2.17. The fourth-order valence-corrected chi connectivity index (χ4v) is 4.66. The van der Waals surface area contributed by atoms with Crippen LogP contribution in [0.3, 0.4) is 0 Å². The Labute approximate surface area is 198 Å². The molecular weight excluding hydrogens is 429 g/mol. The van der Waals surface area contributed by atoms with Crippen LogP contribution in [0.15, 0.2) is 72.8 Å². The molecule has 1 fully saturated rings. The van der Waals surface area contributed by atoms with E-state index in [1.807, 2.05) is 36.4 Å². The predicted molar refractivity (Wildman–Crippen MR) is 132 cm³/mol. The summed E-state index contributed by atoms with van der Waals surface area (Å²) in [5, 5.41) is 0. The van der Waals surface area contributed by atoms with Crippen molar-refractivity contribution in [1.82, 2.24) is 9.55 Å². The maximum absolute atomic E-state index is 13.3. The van der Waals surface area contributed by atoms with E-state index in [2.05, 4.69) is 23.6 Å². The van der Waals surface area contributed by atoms with E-state index in [0.717, 1.165) is 53.2 Å². The zero-order valence-electron chi connectivity index (χ0n) is 19.3. The smallest absolute Gasteiger partial charge is 0.227 e. The summed E-state index contributed by atoms with van der Waals surface area (Å²) in [6.07, 6.45) is 2.27. The third-order valence-electron chi connectivity index (χ3n) is 6.44. The summed E-state index contributed by atoms with van der Waals surface area (Å²) in [7, 11) is 0. The first kappa shape index (κ1) is 22.1. The van der Waals surface area contributed by atoms with Crippen LogP contribution >= 0.6 is 0 Å². The number of rotatable bonds is 8. The molecular formula is C28H28FN3O2. The molecule has 5 nitrogen and oxygen atoms in total. The van der Waals surface area contributed by atoms with E-state index in [-0.39, 0.29) is 17.6 Å². The second-order valence-electron chi connectivity index (χ2n) is 8.81. The summed E-state index contributed by atoms with van der Waals surface area (Å²) in [5.74, 6) is 1.61. The average molecular weight is 458 g/mol. The number of anilines is 1. The summed E-state index contributed by atoms with van der Waals surface area (Å²) in [4.78, 5) is 19.5. The van der Waals surface area contributed by atoms with Crippen LogP contribution in [0.25, 0.3) is 11.0 Å². The Bertz CT molecular complexity index is 1300. The van der Waals surface area contributed by atoms with Crippen molar-refractivity contribution in [3.63, 3.8) is 0 Å². The molecule has 0 saturated carbocycles. The van der Waals surface area contributed by atoms with Crippen LogP contribution in [0, 0.1) is 12.7 Å². The minimum atomic E-state index is -0.305. The Balaban J connectivity index is 1.30. The van der Waals surface area contributed by atoms with Gasteiger partial charge in [-0.25, -0.2) is 9.37 Å². The predicted octanol–water partition coefficient (Wildman–Crippen LogP) is 5.86. The lowest BCUT2D eigenvalue weighted by Crippen LogP contribution is -2.24. The van der Waals surface area contributed by atoms with Crippen molar-refractivity contribution in [3.05, 3.63) is 90.0 Å². The number of ether oxygens (including phenoxy) is 1. The zero-order valence-corrected chi connectivity index (χ0v) is 19.3. The summed E-state index contributed by atoms with van der Waals surface area (Å²) < 4.78 is 21.6. The number of aromatic nitrogens is 2. The summed E-state index contributed by atoms with van der Waals surface area (Å²) >= 11 is 0. The molecule has 0 N–H and O–H groups in total. The van der Waals surface area contributed by atoms with Gasteiger partial charge in [-0.15, -0.1) is 0 Å². The van der Waals surface area contributed by atoms with Crippen LogP contribution in [0.2, 0.25) is 0 Å². The topological polar surface area (TPSA) is 47.4 Å². The highest BCUT2D eigenvalue weighted by molar-refractivity contribution is 5.96. The van der Waals surface area contributed by atoms with Crippen molar-refractivity contribution in [1.29, 1.82) is 0 Å². The molecule has 3 aromatic carbocycles. The number of carbonyl (C=O) groups is 1. The summed E-state index contributed by atoms with van der Waals surface area (Å²) in [6.45, 7) is 4.07. The van der Waals surface area contributed by atoms with E-state index in [1.165, 1.54) is 12.1 Å². The van der Waals surface area contributed by atoms with E-state index in [9.17, 15) is 9.18 Å². The van der Waals surface area contributed by atoms with Crippen LogP contribution in [0.5, 0.6) is 5.75 Å². The molecule has 1 atom stereocenters. The maximum atomic E-state index is 13.3. The van der Waals surface area contributed by atoms with Gasteiger partial charge in [0, 0.05) is 31.1 Å². The van der Waals surface area contributed by atoms with Crippen molar-refractivity contribution in [2.45, 2.75) is 38.6 Å². The Morgan fingerprint density at radius 2 is 1.76 bits per heavy atom. The van der Waals surface area contributed by atoms with Gasteiger partial charge >= 0.3 is 0 Å². The Morgan fingerprint density at radius 1 is 1.00 bits per heavy atom. The molecule has 1 aromatic heterocycles. The highest BCUT2D eigenvalue weighted by Crippen LogP contribution is 2.33. The second kappa shape index (κ2) is 9.67. The van der Waals surface area contributed by atoms with Crippen molar-refractivity contribution in [3.8, 4) is 5.75 Å². The van der Waals surface area contributed by atoms with Gasteiger partial charge in [-0.2, -0.15) is 0 Å². The monoisotopic (exact) mass is 457 g/mol. The Morgan fingerprint density at radius 3 is 2.59 bits per heavy atom. The number of amides is 1. The normalized spacial score (nSPS) is 15.9. The van der Waals surface area contributed by atoms with Crippen molar-refractivity contribution in [2.75, 3.05) is 18.1 Å². The van der Waals surface area contributed by atoms with Crippen molar-refractivity contribution >= 4 is 22.6 Å². The molecule has 0 spiro atoms. The lowest BCUT2D eigenvalue weighted by atomic mass is 10.1. The van der Waals surface area contributed by atoms with Gasteiger partial charge in [0.1, 0.15) is 17.4 Å². The van der Waals surface area contributed by atoms with E-state index >= 15 is 0 Å². The Hall–Kier alpha value is -3.67. The minimum Gasteiger partial charge on any atom is -0.493 e. The molecule has 6 heteroatoms. The number of unbranched alkanes of at least 4 members (excludes halogenated alkanes) is 1. The van der Waals surface area contributed by atoms with Crippen LogP contribution in [-0.2, 0) is 11.3 Å². The number of aryl methyl sites for hydroxylation is 2. The van der Waals surface area contributed by atoms with E-state index < -0.39 is 0 Å². The molecule has 174 valence electrons. The first-order chi connectivity index (χ1) is 16.6. The van der Waals surface area contributed by atoms with E-state index in [1.54, 1.807) is 17.0 Å². The number of halogens is 1. The van der Waals surface area contributed by atoms with Gasteiger partial charge in [-0.05, 0) is 67.8 Å². The number of hydrogen-bond donors (Lipinski definition) is 0. The van der Waals surface area contributed by atoms with Crippen molar-refractivity contribution in [2.24, 2.45) is 0 Å². The fourth-order valence-electron chi connectivity index (χ4n) is 4.66. The lowest BCUT2D eigenvalue weighted by molar-refractivity contribution is -0.117. The highest BCUT2D eigenvalue weighted by atomic mass is 19.1. The average Bonchev–Trinajstić information content (AvgIpc) is 3.41. The van der Waals surface area contributed by atoms with Crippen LogP contribution in [0.1, 0.15) is 36.6 Å². The standard InChI is InChI=1S/C28H28FN3O2/c1-20-8-2-5-11-26(20)34-17-7-6-16-31-25-10-4-3-9-24(25)30-28(31)21-18-27(33)32(19-21)23-14-12-22(29)13-15-23/h2-5,8-15,21H,6-7,16-19H2,1H3/t21-/m0/s1. The molecule has 1 aliphatic heterocycles. The molecule has 0 aliphatic carbocycles. The molecule has 1 aliphatic rings. The number of carbonyl (C=O) groups excluding carboxylic acids is 1. The van der Waals surface area contributed by atoms with Gasteiger partial charge in [0.15, 0.2) is 0 Å². The number of para-hydroxylation sites is 3. The maximum Gasteiger partial charge on any atom is 0.227 e. The number of nitrogens with zero attached hydrogens (tertiary/aromatic N) is 3. The van der Waals surface area contributed by atoms with Crippen LogP contribution in [0.4, 0.5) is 10.1 Å². The van der Waals surface area contributed by atoms with Gasteiger partial charge in [0.05, 0.1) is 17.6 Å². The van der Waals surface area contributed by atoms with Crippen molar-refractivity contribution < 1.29 is 13.9 Å². The highest BCUT2D eigenvalue weighted by Gasteiger charge is 2.34. The van der Waals surface area contributed by atoms with Gasteiger partial charge < -0.3 is 14.2 Å². The number of fused-ring (bicyclic) bond motifs is 1. The summed E-state index contributed by atoms with van der Waals surface area (Å²) in [6, 6.07) is 22.3. The minimum absolute atomic E-state index is 0.00632. The molecule has 0 bridgehead atoms. The van der Waals surface area contributed by atoms with Gasteiger partial charge in [0.2, 0.25) is 5.91 Å². The third kappa shape index (κ3) is 4.53. The number of benzene rings is 3. The second-order valence-corrected chi connectivity index (χ2v) is 8.81. The largest absolute Gasteiger partial charge is 0.493 e. The molecule has 1 amide bonds. The molecule has 2 heterocycles. The van der Waals surface area contributed by atoms with Gasteiger partial charge in [-0.3, -0.25) is 4.79 Å². The Kier molecular flexibility index (Phi) is 6.30. The van der Waals surface area contributed by atoms with Gasteiger partial charge in [-0.1, -0.05) is 30.3 Å². The molecule has 0 unspecified atom stereocenters. The number of hydrogen-bond acceptors (Lipinski definition) is 3. The molecule has 0 radical (unpaired) electrons. The fraction of sp³-hybridized carbons (Fsp3) is 0.286. The SMILES string of the molecule is Cc1ccccc1OCCCCn1c([C@H]2CC(=O)N(c3ccc(F)cc3)C2)nc2ccccc21. The van der Waals surface area contributed by atoms with Crippen LogP contribution in [-0.4, -0.2) is 28.6 Å². The first-order valence-corrected chi connectivity index (χ1v) is 11.8. The molecule has 34 heavy (non-hydrogen) atoms. The van der Waals surface area contributed by atoms with E-state index in [4.69, 9.17) is 9.72 Å².